The van der Waals surface area contributed by atoms with Crippen LogP contribution in [0.3, 0.4) is 0 Å². The molecule has 4 N–H and O–H groups in total. The molecule has 8 rings (SSSR count). The summed E-state index contributed by atoms with van der Waals surface area (Å²) in [5, 5.41) is 4.32. The predicted molar refractivity (Wildman–Crippen MR) is 177 cm³/mol. The van der Waals surface area contributed by atoms with Crippen LogP contribution in [-0.2, 0) is 24.1 Å². The first-order valence-electron chi connectivity index (χ1n) is 15.0. The third kappa shape index (κ3) is 5.07. The summed E-state index contributed by atoms with van der Waals surface area (Å²) in [6.07, 6.45) is 10.7. The summed E-state index contributed by atoms with van der Waals surface area (Å²) in [6.45, 7) is 4.02. The van der Waals surface area contributed by atoms with Gasteiger partial charge in [-0.15, -0.1) is 0 Å². The number of nitrogen functional groups attached to an aromatic ring is 1. The van der Waals surface area contributed by atoms with Gasteiger partial charge in [0.25, 0.3) is 5.91 Å². The normalized spacial score (nSPS) is 13.2. The van der Waals surface area contributed by atoms with E-state index in [2.05, 4.69) is 39.4 Å². The van der Waals surface area contributed by atoms with Crippen LogP contribution in [0.2, 0.25) is 0 Å². The van der Waals surface area contributed by atoms with Crippen molar-refractivity contribution in [2.24, 2.45) is 5.73 Å². The van der Waals surface area contributed by atoms with Gasteiger partial charge in [-0.3, -0.25) is 14.2 Å². The lowest BCUT2D eigenvalue weighted by Crippen LogP contribution is -2.29. The van der Waals surface area contributed by atoms with E-state index in [-0.39, 0.29) is 5.91 Å². The average molecular weight is 610 g/mol. The molecule has 2 aromatic carbocycles. The highest BCUT2D eigenvalue weighted by atomic mass is 16.2. The van der Waals surface area contributed by atoms with Gasteiger partial charge in [-0.25, -0.2) is 19.6 Å². The van der Waals surface area contributed by atoms with E-state index in [1.54, 1.807) is 34.1 Å². The molecule has 1 aliphatic carbocycles. The van der Waals surface area contributed by atoms with Gasteiger partial charge in [-0.05, 0) is 97.0 Å². The summed E-state index contributed by atoms with van der Waals surface area (Å²) in [6, 6.07) is 21.5. The second-order valence-electron chi connectivity index (χ2n) is 11.1. The van der Waals surface area contributed by atoms with Crippen LogP contribution in [0.15, 0.2) is 98.0 Å². The van der Waals surface area contributed by atoms with E-state index in [0.29, 0.717) is 23.6 Å². The lowest BCUT2D eigenvalue weighted by Gasteiger charge is -2.17. The van der Waals surface area contributed by atoms with Gasteiger partial charge >= 0.3 is 0 Å². The van der Waals surface area contributed by atoms with E-state index in [1.165, 1.54) is 23.6 Å². The summed E-state index contributed by atoms with van der Waals surface area (Å²) in [7, 11) is 0. The van der Waals surface area contributed by atoms with Crippen molar-refractivity contribution in [2.45, 2.75) is 25.7 Å². The quantitative estimate of drug-likeness (QED) is 0.271. The number of hydrogen-bond donors (Lipinski definition) is 2. The van der Waals surface area contributed by atoms with Gasteiger partial charge in [0, 0.05) is 30.8 Å². The molecule has 0 unspecified atom stereocenters. The molecule has 0 bridgehead atoms. The van der Waals surface area contributed by atoms with E-state index in [9.17, 15) is 9.59 Å². The SMILES string of the molecule is C=CC(=O)N1CCc2cccc(C(N)=O)c21.Nc1ncccc1-c1nc2ccc(-n3cccn3)nc2n1-c1ccc2c(c1)CCC2. The van der Waals surface area contributed by atoms with Crippen molar-refractivity contribution in [3.63, 3.8) is 0 Å². The van der Waals surface area contributed by atoms with Crippen molar-refractivity contribution in [1.82, 2.24) is 29.3 Å². The van der Waals surface area contributed by atoms with Crippen LogP contribution < -0.4 is 16.4 Å². The molecular formula is C35H31N9O2. The Morgan fingerprint density at radius 3 is 2.54 bits per heavy atom. The number of anilines is 2. The Kier molecular flexibility index (Phi) is 7.33. The molecule has 0 spiro atoms. The minimum Gasteiger partial charge on any atom is -0.383 e. The lowest BCUT2D eigenvalue weighted by atomic mass is 10.1. The minimum atomic E-state index is -0.513. The molecule has 46 heavy (non-hydrogen) atoms. The second-order valence-corrected chi connectivity index (χ2v) is 11.1. The number of primary amides is 1. The Bertz CT molecular complexity index is 2130. The monoisotopic (exact) mass is 609 g/mol. The number of aromatic nitrogens is 6. The number of pyridine rings is 2. The van der Waals surface area contributed by atoms with Crippen LogP contribution in [0.25, 0.3) is 34.1 Å². The summed E-state index contributed by atoms with van der Waals surface area (Å²) >= 11 is 0. The molecule has 4 aromatic heterocycles. The van der Waals surface area contributed by atoms with Crippen molar-refractivity contribution in [3.05, 3.63) is 120 Å². The number of nitrogens with two attached hydrogens (primary N) is 2. The van der Waals surface area contributed by atoms with Gasteiger partial charge in [0.1, 0.15) is 11.3 Å². The van der Waals surface area contributed by atoms with Gasteiger partial charge in [-0.1, -0.05) is 24.8 Å². The largest absolute Gasteiger partial charge is 0.383 e. The number of aryl methyl sites for hydroxylation is 2. The highest BCUT2D eigenvalue weighted by molar-refractivity contribution is 6.09. The number of carbonyl (C=O) groups is 2. The molecule has 5 heterocycles. The zero-order valence-electron chi connectivity index (χ0n) is 25.0. The maximum atomic E-state index is 11.6. The average Bonchev–Trinajstić information content (AvgIpc) is 3.90. The van der Waals surface area contributed by atoms with Gasteiger partial charge in [-0.2, -0.15) is 5.10 Å². The fraction of sp³-hybridized carbons (Fsp3) is 0.143. The van der Waals surface area contributed by atoms with Crippen molar-refractivity contribution in [3.8, 4) is 22.9 Å². The van der Waals surface area contributed by atoms with Crippen LogP contribution in [0.4, 0.5) is 11.5 Å². The number of benzene rings is 2. The molecule has 11 nitrogen and oxygen atoms in total. The Labute approximate surface area is 264 Å². The van der Waals surface area contributed by atoms with Gasteiger partial charge in [0.2, 0.25) is 5.91 Å². The highest BCUT2D eigenvalue weighted by Crippen LogP contribution is 2.33. The molecule has 0 saturated carbocycles. The standard InChI is InChI=1S/C23H19N7.C12H12N2O2/c24-21-18(6-2-11-25-21)22-27-19-9-10-20(29-13-3-12-26-29)28-23(19)30(22)17-8-7-15-4-1-5-16(15)14-17;1-2-10(15)14-7-6-8-4-3-5-9(11(8)14)12(13)16/h2-3,6-14H,1,4-5H2,(H2,24,25);2-5H,1,6-7H2,(H2,13,16). The third-order valence-corrected chi connectivity index (χ3v) is 8.35. The number of hydrogen-bond acceptors (Lipinski definition) is 7. The number of fused-ring (bicyclic) bond motifs is 3. The summed E-state index contributed by atoms with van der Waals surface area (Å²) in [5.41, 5.74) is 19.7. The van der Waals surface area contributed by atoms with Crippen LogP contribution in [-0.4, -0.2) is 47.7 Å². The van der Waals surface area contributed by atoms with E-state index < -0.39 is 5.91 Å². The third-order valence-electron chi connectivity index (χ3n) is 8.35. The fourth-order valence-electron chi connectivity index (χ4n) is 6.19. The fourth-order valence-corrected chi connectivity index (χ4v) is 6.19. The molecule has 11 heteroatoms. The van der Waals surface area contributed by atoms with Crippen molar-refractivity contribution >= 4 is 34.5 Å². The maximum Gasteiger partial charge on any atom is 0.250 e. The van der Waals surface area contributed by atoms with Gasteiger partial charge in [0.05, 0.1) is 16.8 Å². The lowest BCUT2D eigenvalue weighted by molar-refractivity contribution is -0.114. The number of para-hydroxylation sites is 1. The first-order chi connectivity index (χ1) is 22.4. The van der Waals surface area contributed by atoms with Crippen LogP contribution in [0, 0.1) is 0 Å². The minimum absolute atomic E-state index is 0.201. The zero-order chi connectivity index (χ0) is 31.8. The molecular weight excluding hydrogens is 578 g/mol. The van der Waals surface area contributed by atoms with Crippen LogP contribution in [0.5, 0.6) is 0 Å². The van der Waals surface area contributed by atoms with Crippen molar-refractivity contribution in [1.29, 1.82) is 0 Å². The Morgan fingerprint density at radius 2 is 1.76 bits per heavy atom. The first kappa shape index (κ1) is 28.7. The van der Waals surface area contributed by atoms with E-state index >= 15 is 0 Å². The zero-order valence-corrected chi connectivity index (χ0v) is 25.0. The van der Waals surface area contributed by atoms with Crippen molar-refractivity contribution < 1.29 is 9.59 Å². The number of rotatable bonds is 5. The topological polar surface area (TPSA) is 151 Å². The molecule has 0 saturated heterocycles. The molecule has 2 aliphatic rings. The van der Waals surface area contributed by atoms with E-state index in [1.807, 2.05) is 42.6 Å². The highest BCUT2D eigenvalue weighted by Gasteiger charge is 2.27. The summed E-state index contributed by atoms with van der Waals surface area (Å²) < 4.78 is 3.83. The summed E-state index contributed by atoms with van der Waals surface area (Å²) in [4.78, 5) is 38.5. The number of imidazole rings is 1. The molecule has 228 valence electrons. The van der Waals surface area contributed by atoms with Gasteiger partial charge < -0.3 is 16.4 Å². The first-order valence-corrected chi connectivity index (χ1v) is 15.0. The molecule has 0 fully saturated rings. The van der Waals surface area contributed by atoms with E-state index in [4.69, 9.17) is 21.4 Å². The number of nitrogens with zero attached hydrogens (tertiary/aromatic N) is 7. The number of amides is 2. The van der Waals surface area contributed by atoms with Gasteiger partial charge in [0.15, 0.2) is 17.3 Å². The molecule has 0 radical (unpaired) electrons. The van der Waals surface area contributed by atoms with Crippen molar-refractivity contribution in [2.75, 3.05) is 17.2 Å². The molecule has 6 aromatic rings. The van der Waals surface area contributed by atoms with E-state index in [0.717, 1.165) is 58.9 Å². The number of carbonyl (C=O) groups excluding carboxylic acids is 2. The predicted octanol–water partition coefficient (Wildman–Crippen LogP) is 4.60. The smallest absolute Gasteiger partial charge is 0.250 e. The Balaban J connectivity index is 0.000000179. The van der Waals surface area contributed by atoms with Crippen LogP contribution >= 0.6 is 0 Å². The van der Waals surface area contributed by atoms with Crippen LogP contribution in [0.1, 0.15) is 33.5 Å². The molecule has 0 atom stereocenters. The molecule has 1 aliphatic heterocycles. The summed E-state index contributed by atoms with van der Waals surface area (Å²) in [5.74, 6) is 1.20. The molecule has 2 amide bonds. The second kappa shape index (κ2) is 11.8. The Hall–Kier alpha value is -6.10. The Morgan fingerprint density at radius 1 is 0.891 bits per heavy atom. The maximum absolute atomic E-state index is 11.6.